The van der Waals surface area contributed by atoms with Crippen LogP contribution in [0, 0.1) is 0 Å². The first-order chi connectivity index (χ1) is 5.68. The number of aliphatic carboxylic acids is 1. The molecule has 66 valence electrons. The summed E-state index contributed by atoms with van der Waals surface area (Å²) in [5.74, 6) is -0.897. The number of ether oxygens (including phenoxy) is 1. The van der Waals surface area contributed by atoms with Gasteiger partial charge in [0.25, 0.3) is 0 Å². The lowest BCUT2D eigenvalue weighted by Gasteiger charge is -1.96. The second-order valence-corrected chi connectivity index (χ2v) is 2.19. The van der Waals surface area contributed by atoms with Gasteiger partial charge in [-0.25, -0.2) is 0 Å². The standard InChI is InChI=1S/C6H9N3O3/c1-9-4-7-6(8-9)12-3-2-5(10)11/h4H,2-3H2,1H3,(H,10,11). The summed E-state index contributed by atoms with van der Waals surface area (Å²) in [5, 5.41) is 12.1. The van der Waals surface area contributed by atoms with Crippen molar-refractivity contribution >= 4 is 5.97 Å². The maximum atomic E-state index is 10.1. The summed E-state index contributed by atoms with van der Waals surface area (Å²) in [6.45, 7) is 0.0966. The number of hydrogen-bond donors (Lipinski definition) is 1. The molecule has 1 aromatic rings. The number of aromatic nitrogens is 3. The Hall–Kier alpha value is -1.59. The predicted octanol–water partition coefficient (Wildman–Crippen LogP) is -0.331. The minimum absolute atomic E-state index is 0.0434. The quantitative estimate of drug-likeness (QED) is 0.671. The van der Waals surface area contributed by atoms with Gasteiger partial charge in [0, 0.05) is 7.05 Å². The second-order valence-electron chi connectivity index (χ2n) is 2.19. The van der Waals surface area contributed by atoms with Crippen LogP contribution >= 0.6 is 0 Å². The summed E-state index contributed by atoms with van der Waals surface area (Å²) in [6.07, 6.45) is 1.44. The third-order valence-electron chi connectivity index (χ3n) is 1.13. The number of carbonyl (C=O) groups is 1. The third kappa shape index (κ3) is 2.57. The molecule has 0 radical (unpaired) electrons. The van der Waals surface area contributed by atoms with Crippen molar-refractivity contribution in [3.05, 3.63) is 6.33 Å². The first kappa shape index (κ1) is 8.51. The number of carboxylic acid groups (broad SMARTS) is 1. The molecule has 12 heavy (non-hydrogen) atoms. The van der Waals surface area contributed by atoms with E-state index < -0.39 is 5.97 Å². The topological polar surface area (TPSA) is 77.2 Å². The SMILES string of the molecule is Cn1cnc(OCCC(=O)O)n1. The molecule has 1 N–H and O–H groups in total. The molecule has 0 unspecified atom stereocenters. The maximum Gasteiger partial charge on any atom is 0.335 e. The molecule has 6 heteroatoms. The smallest absolute Gasteiger partial charge is 0.335 e. The van der Waals surface area contributed by atoms with Crippen molar-refractivity contribution in [2.24, 2.45) is 7.05 Å². The average Bonchev–Trinajstić information content (AvgIpc) is 2.35. The van der Waals surface area contributed by atoms with Crippen LogP contribution in [0.1, 0.15) is 6.42 Å². The van der Waals surface area contributed by atoms with Gasteiger partial charge in [-0.1, -0.05) is 0 Å². The highest BCUT2D eigenvalue weighted by atomic mass is 16.5. The van der Waals surface area contributed by atoms with Gasteiger partial charge in [0.05, 0.1) is 6.42 Å². The highest BCUT2D eigenvalue weighted by Gasteiger charge is 2.01. The number of nitrogens with zero attached hydrogens (tertiary/aromatic N) is 3. The van der Waals surface area contributed by atoms with Gasteiger partial charge >= 0.3 is 12.0 Å². The van der Waals surface area contributed by atoms with E-state index in [0.717, 1.165) is 0 Å². The normalized spacial score (nSPS) is 9.75. The van der Waals surface area contributed by atoms with Crippen LogP contribution in [0.5, 0.6) is 6.01 Å². The van der Waals surface area contributed by atoms with Crippen LogP contribution in [-0.2, 0) is 11.8 Å². The summed E-state index contributed by atoms with van der Waals surface area (Å²) < 4.78 is 6.40. The molecule has 0 saturated heterocycles. The largest absolute Gasteiger partial charge is 0.481 e. The zero-order valence-corrected chi connectivity index (χ0v) is 6.60. The molecule has 0 bridgehead atoms. The van der Waals surface area contributed by atoms with Gasteiger partial charge in [-0.2, -0.15) is 4.98 Å². The number of aryl methyl sites for hydroxylation is 1. The summed E-state index contributed by atoms with van der Waals surface area (Å²) >= 11 is 0. The van der Waals surface area contributed by atoms with E-state index in [-0.39, 0.29) is 19.0 Å². The van der Waals surface area contributed by atoms with Crippen molar-refractivity contribution in [3.63, 3.8) is 0 Å². The fourth-order valence-corrected chi connectivity index (χ4v) is 0.615. The highest BCUT2D eigenvalue weighted by molar-refractivity contribution is 5.66. The molecule has 1 aromatic heterocycles. The fourth-order valence-electron chi connectivity index (χ4n) is 0.615. The molecule has 0 amide bonds. The van der Waals surface area contributed by atoms with Crippen LogP contribution in [0.4, 0.5) is 0 Å². The zero-order chi connectivity index (χ0) is 8.97. The van der Waals surface area contributed by atoms with E-state index in [1.54, 1.807) is 7.05 Å². The van der Waals surface area contributed by atoms with Gasteiger partial charge < -0.3 is 9.84 Å². The first-order valence-electron chi connectivity index (χ1n) is 3.38. The summed E-state index contributed by atoms with van der Waals surface area (Å²) in [5.41, 5.74) is 0. The van der Waals surface area contributed by atoms with E-state index in [1.165, 1.54) is 11.0 Å². The van der Waals surface area contributed by atoms with E-state index in [9.17, 15) is 4.79 Å². The van der Waals surface area contributed by atoms with E-state index in [4.69, 9.17) is 9.84 Å². The molecule has 0 atom stereocenters. The van der Waals surface area contributed by atoms with Gasteiger partial charge in [0.1, 0.15) is 12.9 Å². The summed E-state index contributed by atoms with van der Waals surface area (Å²) in [7, 11) is 1.71. The average molecular weight is 171 g/mol. The molecule has 0 saturated carbocycles. The van der Waals surface area contributed by atoms with Crippen molar-refractivity contribution in [2.75, 3.05) is 6.61 Å². The molecular formula is C6H9N3O3. The lowest BCUT2D eigenvalue weighted by atomic mass is 10.5. The number of hydrogen-bond acceptors (Lipinski definition) is 4. The van der Waals surface area contributed by atoms with E-state index in [0.29, 0.717) is 0 Å². The van der Waals surface area contributed by atoms with Crippen molar-refractivity contribution < 1.29 is 14.6 Å². The van der Waals surface area contributed by atoms with Crippen LogP contribution in [0.25, 0.3) is 0 Å². The fraction of sp³-hybridized carbons (Fsp3) is 0.500. The van der Waals surface area contributed by atoms with Crippen LogP contribution in [0.15, 0.2) is 6.33 Å². The van der Waals surface area contributed by atoms with Crippen molar-refractivity contribution in [1.82, 2.24) is 14.8 Å². The Morgan fingerprint density at radius 1 is 1.83 bits per heavy atom. The number of rotatable bonds is 4. The summed E-state index contributed by atoms with van der Waals surface area (Å²) in [6, 6.07) is 0.207. The van der Waals surface area contributed by atoms with Crippen LogP contribution < -0.4 is 4.74 Å². The Bertz CT molecular complexity index is 271. The minimum Gasteiger partial charge on any atom is -0.481 e. The Balaban J connectivity index is 2.29. The predicted molar refractivity (Wildman–Crippen MR) is 38.8 cm³/mol. The van der Waals surface area contributed by atoms with E-state index in [1.807, 2.05) is 0 Å². The van der Waals surface area contributed by atoms with Gasteiger partial charge in [-0.05, 0) is 0 Å². The van der Waals surface area contributed by atoms with Crippen LogP contribution in [0.3, 0.4) is 0 Å². The van der Waals surface area contributed by atoms with Gasteiger partial charge in [-0.15, -0.1) is 5.10 Å². The van der Waals surface area contributed by atoms with Crippen molar-refractivity contribution in [3.8, 4) is 6.01 Å². The van der Waals surface area contributed by atoms with Crippen LogP contribution in [0.2, 0.25) is 0 Å². The molecular weight excluding hydrogens is 162 g/mol. The molecule has 0 fully saturated rings. The summed E-state index contributed by atoms with van der Waals surface area (Å²) in [4.78, 5) is 13.8. The maximum absolute atomic E-state index is 10.1. The van der Waals surface area contributed by atoms with Gasteiger partial charge in [-0.3, -0.25) is 9.48 Å². The Morgan fingerprint density at radius 3 is 3.08 bits per heavy atom. The highest BCUT2D eigenvalue weighted by Crippen LogP contribution is 1.98. The van der Waals surface area contributed by atoms with Crippen molar-refractivity contribution in [1.29, 1.82) is 0 Å². The van der Waals surface area contributed by atoms with Crippen molar-refractivity contribution in [2.45, 2.75) is 6.42 Å². The third-order valence-corrected chi connectivity index (χ3v) is 1.13. The molecule has 0 aromatic carbocycles. The number of carboxylic acids is 1. The lowest BCUT2D eigenvalue weighted by molar-refractivity contribution is -0.137. The molecule has 6 nitrogen and oxygen atoms in total. The second kappa shape index (κ2) is 3.70. The minimum atomic E-state index is -0.897. The molecule has 1 heterocycles. The zero-order valence-electron chi connectivity index (χ0n) is 6.60. The molecule has 0 aliphatic rings. The Labute approximate surface area is 68.8 Å². The first-order valence-corrected chi connectivity index (χ1v) is 3.38. The Kier molecular flexibility index (Phi) is 2.62. The van der Waals surface area contributed by atoms with E-state index in [2.05, 4.69) is 10.1 Å². The van der Waals surface area contributed by atoms with Gasteiger partial charge in [0.15, 0.2) is 0 Å². The molecule has 0 aliphatic carbocycles. The monoisotopic (exact) mass is 171 g/mol. The van der Waals surface area contributed by atoms with Gasteiger partial charge in [0.2, 0.25) is 0 Å². The van der Waals surface area contributed by atoms with E-state index >= 15 is 0 Å². The van der Waals surface area contributed by atoms with Crippen LogP contribution in [-0.4, -0.2) is 32.4 Å². The Morgan fingerprint density at radius 2 is 2.58 bits per heavy atom. The molecule has 0 spiro atoms. The lowest BCUT2D eigenvalue weighted by Crippen LogP contribution is -2.05. The molecule has 0 aliphatic heterocycles. The molecule has 1 rings (SSSR count).